The molecular weight excluding hydrogens is 166 g/mol. The minimum Gasteiger partial charge on any atom is -0.364 e. The van der Waals surface area contributed by atoms with Crippen LogP contribution in [0.4, 0.5) is 0 Å². The molecule has 0 radical (unpaired) electrons. The van der Waals surface area contributed by atoms with Gasteiger partial charge in [0.2, 0.25) is 0 Å². The summed E-state index contributed by atoms with van der Waals surface area (Å²) in [6, 6.07) is 1.87. The average Bonchev–Trinajstić information content (AvgIpc) is 2.76. The Labute approximate surface area is 76.0 Å². The first-order valence-electron chi connectivity index (χ1n) is 4.31. The average molecular weight is 177 g/mol. The van der Waals surface area contributed by atoms with Crippen molar-refractivity contribution in [2.45, 2.75) is 19.3 Å². The van der Waals surface area contributed by atoms with E-state index in [2.05, 4.69) is 22.0 Å². The van der Waals surface area contributed by atoms with Gasteiger partial charge in [-0.15, -0.1) is 0 Å². The van der Waals surface area contributed by atoms with Crippen molar-refractivity contribution in [3.8, 4) is 0 Å². The molecule has 0 saturated carbocycles. The van der Waals surface area contributed by atoms with Gasteiger partial charge in [-0.1, -0.05) is 12.1 Å². The molecule has 1 unspecified atom stereocenters. The third-order valence-corrected chi connectivity index (χ3v) is 2.07. The Morgan fingerprint density at radius 2 is 2.54 bits per heavy atom. The lowest BCUT2D eigenvalue weighted by Crippen LogP contribution is -2.01. The van der Waals surface area contributed by atoms with Crippen molar-refractivity contribution in [3.63, 3.8) is 0 Å². The maximum atomic E-state index is 4.80. The number of imidazole rings is 1. The van der Waals surface area contributed by atoms with Crippen LogP contribution in [0.5, 0.6) is 0 Å². The maximum absolute atomic E-state index is 4.80. The number of aromatic nitrogens is 3. The molecule has 1 atom stereocenters. The monoisotopic (exact) mass is 177 g/mol. The lowest BCUT2D eigenvalue weighted by molar-refractivity contribution is 0.406. The van der Waals surface area contributed by atoms with E-state index in [4.69, 9.17) is 4.52 Å². The molecule has 1 N–H and O–H groups in total. The van der Waals surface area contributed by atoms with Crippen molar-refractivity contribution >= 4 is 0 Å². The van der Waals surface area contributed by atoms with Crippen LogP contribution in [0, 0.1) is 0 Å². The molecule has 68 valence electrons. The summed E-state index contributed by atoms with van der Waals surface area (Å²) in [5, 5.41) is 3.91. The topological polar surface area (TPSA) is 54.7 Å². The summed E-state index contributed by atoms with van der Waals surface area (Å²) in [6.07, 6.45) is 6.11. The highest BCUT2D eigenvalue weighted by molar-refractivity contribution is 5.14. The number of hydrogen-bond acceptors (Lipinski definition) is 3. The van der Waals surface area contributed by atoms with Gasteiger partial charge >= 0.3 is 0 Å². The van der Waals surface area contributed by atoms with Crippen LogP contribution >= 0.6 is 0 Å². The van der Waals surface area contributed by atoms with E-state index in [1.54, 1.807) is 12.5 Å². The molecule has 0 fully saturated rings. The number of H-pyrrole nitrogens is 1. The van der Waals surface area contributed by atoms with Gasteiger partial charge in [0.15, 0.2) is 0 Å². The van der Waals surface area contributed by atoms with E-state index in [-0.39, 0.29) is 5.92 Å². The molecule has 2 aromatic rings. The Kier molecular flexibility index (Phi) is 2.12. The number of rotatable bonds is 3. The van der Waals surface area contributed by atoms with Crippen LogP contribution < -0.4 is 0 Å². The van der Waals surface area contributed by atoms with Crippen LogP contribution in [-0.2, 0) is 0 Å². The highest BCUT2D eigenvalue weighted by Gasteiger charge is 2.16. The predicted molar refractivity (Wildman–Crippen MR) is 47.2 cm³/mol. The molecular formula is C9H11N3O. The third-order valence-electron chi connectivity index (χ3n) is 2.07. The van der Waals surface area contributed by atoms with E-state index >= 15 is 0 Å². The van der Waals surface area contributed by atoms with Crippen molar-refractivity contribution in [2.75, 3.05) is 0 Å². The standard InChI is InChI=1S/C9H11N3O/c1-2-7(8-3-6-13-12-8)9-10-4-5-11-9/h3-7H,2H2,1H3,(H,10,11). The smallest absolute Gasteiger partial charge is 0.124 e. The Morgan fingerprint density at radius 3 is 3.08 bits per heavy atom. The molecule has 0 spiro atoms. The number of nitrogens with one attached hydrogen (secondary N) is 1. The van der Waals surface area contributed by atoms with Crippen molar-refractivity contribution in [3.05, 3.63) is 36.2 Å². The number of hydrogen-bond donors (Lipinski definition) is 1. The van der Waals surface area contributed by atoms with Crippen molar-refractivity contribution in [2.24, 2.45) is 0 Å². The van der Waals surface area contributed by atoms with E-state index in [0.717, 1.165) is 17.9 Å². The van der Waals surface area contributed by atoms with Gasteiger partial charge in [0.25, 0.3) is 0 Å². The Morgan fingerprint density at radius 1 is 1.62 bits per heavy atom. The van der Waals surface area contributed by atoms with E-state index in [0.29, 0.717) is 0 Å². The van der Waals surface area contributed by atoms with Crippen molar-refractivity contribution in [1.82, 2.24) is 15.1 Å². The second-order valence-corrected chi connectivity index (χ2v) is 2.86. The predicted octanol–water partition coefficient (Wildman–Crippen LogP) is 1.94. The molecule has 0 aliphatic rings. The molecule has 4 heteroatoms. The second kappa shape index (κ2) is 3.43. The van der Waals surface area contributed by atoms with Crippen LogP contribution in [0.25, 0.3) is 0 Å². The van der Waals surface area contributed by atoms with Crippen LogP contribution in [0.15, 0.2) is 29.2 Å². The zero-order chi connectivity index (χ0) is 9.10. The van der Waals surface area contributed by atoms with Gasteiger partial charge in [-0.25, -0.2) is 4.98 Å². The first-order valence-corrected chi connectivity index (χ1v) is 4.31. The molecule has 0 aromatic carbocycles. The lowest BCUT2D eigenvalue weighted by Gasteiger charge is -2.06. The van der Waals surface area contributed by atoms with Gasteiger partial charge in [-0.05, 0) is 6.42 Å². The fourth-order valence-electron chi connectivity index (χ4n) is 1.41. The van der Waals surface area contributed by atoms with Gasteiger partial charge in [0.05, 0.1) is 11.6 Å². The third kappa shape index (κ3) is 1.47. The lowest BCUT2D eigenvalue weighted by atomic mass is 10.0. The Balaban J connectivity index is 2.29. The Hall–Kier alpha value is -1.58. The van der Waals surface area contributed by atoms with Crippen molar-refractivity contribution in [1.29, 1.82) is 0 Å². The molecule has 0 aliphatic heterocycles. The van der Waals surface area contributed by atoms with E-state index in [1.807, 2.05) is 12.3 Å². The number of aromatic amines is 1. The molecule has 0 aliphatic carbocycles. The van der Waals surface area contributed by atoms with E-state index in [9.17, 15) is 0 Å². The van der Waals surface area contributed by atoms with Crippen LogP contribution in [-0.4, -0.2) is 15.1 Å². The first kappa shape index (κ1) is 8.04. The normalized spacial score (nSPS) is 13.0. The van der Waals surface area contributed by atoms with Crippen molar-refractivity contribution < 1.29 is 4.52 Å². The minimum absolute atomic E-state index is 0.216. The molecule has 0 saturated heterocycles. The van der Waals surface area contributed by atoms with E-state index in [1.165, 1.54) is 0 Å². The fourth-order valence-corrected chi connectivity index (χ4v) is 1.41. The summed E-state index contributed by atoms with van der Waals surface area (Å²) < 4.78 is 4.80. The maximum Gasteiger partial charge on any atom is 0.124 e. The van der Waals surface area contributed by atoms with E-state index < -0.39 is 0 Å². The van der Waals surface area contributed by atoms with Crippen LogP contribution in [0.3, 0.4) is 0 Å². The summed E-state index contributed by atoms with van der Waals surface area (Å²) in [5.41, 5.74) is 0.928. The molecule has 4 nitrogen and oxygen atoms in total. The van der Waals surface area contributed by atoms with Gasteiger partial charge in [0, 0.05) is 18.5 Å². The molecule has 0 amide bonds. The Bertz CT molecular complexity index is 305. The summed E-state index contributed by atoms with van der Waals surface area (Å²) >= 11 is 0. The molecule has 2 heterocycles. The number of nitrogens with zero attached hydrogens (tertiary/aromatic N) is 2. The fraction of sp³-hybridized carbons (Fsp3) is 0.333. The van der Waals surface area contributed by atoms with Gasteiger partial charge in [0.1, 0.15) is 12.1 Å². The summed E-state index contributed by atoms with van der Waals surface area (Å²) in [6.45, 7) is 2.10. The van der Waals surface area contributed by atoms with Crippen LogP contribution in [0.2, 0.25) is 0 Å². The zero-order valence-electron chi connectivity index (χ0n) is 7.40. The van der Waals surface area contributed by atoms with Crippen LogP contribution in [0.1, 0.15) is 30.8 Å². The highest BCUT2D eigenvalue weighted by Crippen LogP contribution is 2.22. The minimum atomic E-state index is 0.216. The molecule has 2 rings (SSSR count). The molecule has 2 aromatic heterocycles. The summed E-state index contributed by atoms with van der Waals surface area (Å²) in [4.78, 5) is 7.29. The van der Waals surface area contributed by atoms with Gasteiger partial charge in [-0.3, -0.25) is 0 Å². The molecule has 13 heavy (non-hydrogen) atoms. The SMILES string of the molecule is CCC(c1ccon1)c1ncc[nH]1. The quantitative estimate of drug-likeness (QED) is 0.779. The van der Waals surface area contributed by atoms with Gasteiger partial charge < -0.3 is 9.51 Å². The first-order chi connectivity index (χ1) is 6.42. The highest BCUT2D eigenvalue weighted by atomic mass is 16.5. The zero-order valence-corrected chi connectivity index (χ0v) is 7.40. The second-order valence-electron chi connectivity index (χ2n) is 2.86. The largest absolute Gasteiger partial charge is 0.364 e. The molecule has 0 bridgehead atoms. The van der Waals surface area contributed by atoms with Gasteiger partial charge in [-0.2, -0.15) is 0 Å². The summed E-state index contributed by atoms with van der Waals surface area (Å²) in [7, 11) is 0. The summed E-state index contributed by atoms with van der Waals surface area (Å²) in [5.74, 6) is 1.16.